The zero-order valence-electron chi connectivity index (χ0n) is 18.1. The van der Waals surface area contributed by atoms with Crippen molar-refractivity contribution in [3.63, 3.8) is 0 Å². The number of anilines is 1. The Morgan fingerprint density at radius 3 is 2.27 bits per heavy atom. The lowest BCUT2D eigenvalue weighted by atomic mass is 9.94. The molecule has 4 nitrogen and oxygen atoms in total. The van der Waals surface area contributed by atoms with Gasteiger partial charge < -0.3 is 9.80 Å². The molecule has 0 bridgehead atoms. The maximum atomic E-state index is 13.1. The normalized spacial score (nSPS) is 18.6. The minimum atomic E-state index is 0.179. The van der Waals surface area contributed by atoms with Gasteiger partial charge in [-0.25, -0.2) is 0 Å². The van der Waals surface area contributed by atoms with Gasteiger partial charge in [0.05, 0.1) is 0 Å². The van der Waals surface area contributed by atoms with E-state index in [9.17, 15) is 4.79 Å². The minimum Gasteiger partial charge on any atom is -0.368 e. The van der Waals surface area contributed by atoms with Crippen molar-refractivity contribution in [1.82, 2.24) is 9.80 Å². The van der Waals surface area contributed by atoms with E-state index in [1.165, 1.54) is 22.4 Å². The highest BCUT2D eigenvalue weighted by atomic mass is 35.5. The number of piperazine rings is 1. The number of rotatable bonds is 4. The van der Waals surface area contributed by atoms with Gasteiger partial charge in [0.1, 0.15) is 0 Å². The highest BCUT2D eigenvalue weighted by Gasteiger charge is 2.30. The number of aryl methyl sites for hydroxylation is 2. The fraction of sp³-hybridized carbons (Fsp3) is 0.480. The molecule has 0 unspecified atom stereocenters. The number of benzene rings is 2. The van der Waals surface area contributed by atoms with Gasteiger partial charge in [-0.1, -0.05) is 47.5 Å². The van der Waals surface area contributed by atoms with E-state index in [1.54, 1.807) is 0 Å². The highest BCUT2D eigenvalue weighted by molar-refractivity contribution is 6.30. The largest absolute Gasteiger partial charge is 0.368 e. The minimum absolute atomic E-state index is 0.179. The molecule has 0 saturated carbocycles. The van der Waals surface area contributed by atoms with Crippen LogP contribution < -0.4 is 4.90 Å². The molecule has 2 saturated heterocycles. The van der Waals surface area contributed by atoms with E-state index in [0.717, 1.165) is 63.7 Å². The zero-order valence-corrected chi connectivity index (χ0v) is 18.9. The van der Waals surface area contributed by atoms with Gasteiger partial charge in [0.25, 0.3) is 0 Å². The second-order valence-corrected chi connectivity index (χ2v) is 9.22. The van der Waals surface area contributed by atoms with Crippen LogP contribution in [0, 0.1) is 19.8 Å². The molecule has 5 heteroatoms. The van der Waals surface area contributed by atoms with Crippen LogP contribution in [0.5, 0.6) is 0 Å². The summed E-state index contributed by atoms with van der Waals surface area (Å²) in [5.41, 5.74) is 5.09. The molecule has 0 atom stereocenters. The standard InChI is InChI=1S/C25H32ClN3O/c1-19-3-6-21(7-4-19)18-27-11-9-22(10-12-27)25(30)29-15-13-28(14-16-29)24-17-23(26)8-5-20(24)2/h3-8,17,22H,9-16,18H2,1-2H3. The Balaban J connectivity index is 1.26. The molecule has 2 aliphatic rings. The lowest BCUT2D eigenvalue weighted by Crippen LogP contribution is -2.51. The molecule has 1 amide bonds. The lowest BCUT2D eigenvalue weighted by molar-refractivity contribution is -0.137. The van der Waals surface area contributed by atoms with E-state index in [2.05, 4.69) is 58.9 Å². The Kier molecular flexibility index (Phi) is 6.64. The van der Waals surface area contributed by atoms with Crippen LogP contribution in [0.4, 0.5) is 5.69 Å². The molecule has 160 valence electrons. The first kappa shape index (κ1) is 21.2. The summed E-state index contributed by atoms with van der Waals surface area (Å²) in [5, 5.41) is 0.770. The number of halogens is 1. The molecular weight excluding hydrogens is 394 g/mol. The number of nitrogens with zero attached hydrogens (tertiary/aromatic N) is 3. The molecule has 2 fully saturated rings. The Morgan fingerprint density at radius 1 is 0.933 bits per heavy atom. The van der Waals surface area contributed by atoms with Gasteiger partial charge in [-0.2, -0.15) is 0 Å². The second-order valence-electron chi connectivity index (χ2n) is 8.78. The smallest absolute Gasteiger partial charge is 0.225 e. The Bertz CT molecular complexity index is 866. The molecule has 0 spiro atoms. The summed E-state index contributed by atoms with van der Waals surface area (Å²) in [7, 11) is 0. The highest BCUT2D eigenvalue weighted by Crippen LogP contribution is 2.27. The number of piperidine rings is 1. The van der Waals surface area contributed by atoms with Crippen molar-refractivity contribution in [2.75, 3.05) is 44.2 Å². The first-order valence-electron chi connectivity index (χ1n) is 11.1. The van der Waals surface area contributed by atoms with Crippen LogP contribution in [-0.4, -0.2) is 55.0 Å². The number of likely N-dealkylation sites (tertiary alicyclic amines) is 1. The van der Waals surface area contributed by atoms with Gasteiger partial charge >= 0.3 is 0 Å². The number of carbonyl (C=O) groups excluding carboxylic acids is 1. The number of hydrogen-bond acceptors (Lipinski definition) is 3. The van der Waals surface area contributed by atoms with Gasteiger partial charge in [-0.3, -0.25) is 9.69 Å². The van der Waals surface area contributed by atoms with Crippen LogP contribution in [0.2, 0.25) is 5.02 Å². The van der Waals surface area contributed by atoms with Crippen LogP contribution in [0.1, 0.15) is 29.5 Å². The van der Waals surface area contributed by atoms with Crippen molar-refractivity contribution >= 4 is 23.2 Å². The van der Waals surface area contributed by atoms with E-state index < -0.39 is 0 Å². The van der Waals surface area contributed by atoms with Crippen molar-refractivity contribution in [2.24, 2.45) is 5.92 Å². The number of carbonyl (C=O) groups is 1. The Labute approximate surface area is 185 Å². The lowest BCUT2D eigenvalue weighted by Gasteiger charge is -2.39. The van der Waals surface area contributed by atoms with E-state index in [0.29, 0.717) is 5.91 Å². The predicted octanol–water partition coefficient (Wildman–Crippen LogP) is 4.52. The van der Waals surface area contributed by atoms with Crippen LogP contribution >= 0.6 is 11.6 Å². The maximum Gasteiger partial charge on any atom is 0.225 e. The third-order valence-corrected chi connectivity index (χ3v) is 6.80. The van der Waals surface area contributed by atoms with Crippen molar-refractivity contribution in [2.45, 2.75) is 33.2 Å². The van der Waals surface area contributed by atoms with E-state index in [4.69, 9.17) is 11.6 Å². The summed E-state index contributed by atoms with van der Waals surface area (Å²) < 4.78 is 0. The first-order valence-corrected chi connectivity index (χ1v) is 11.5. The molecular formula is C25H32ClN3O. The van der Waals surface area contributed by atoms with E-state index in [1.807, 2.05) is 12.1 Å². The molecule has 0 radical (unpaired) electrons. The molecule has 2 aromatic carbocycles. The fourth-order valence-corrected chi connectivity index (χ4v) is 4.81. The summed E-state index contributed by atoms with van der Waals surface area (Å²) in [6.45, 7) is 10.6. The van der Waals surface area contributed by atoms with Crippen molar-refractivity contribution in [1.29, 1.82) is 0 Å². The molecule has 2 aromatic rings. The molecule has 2 heterocycles. The summed E-state index contributed by atoms with van der Waals surface area (Å²) >= 11 is 6.19. The average molecular weight is 426 g/mol. The summed E-state index contributed by atoms with van der Waals surface area (Å²) in [5.74, 6) is 0.533. The van der Waals surface area contributed by atoms with Crippen LogP contribution in [0.15, 0.2) is 42.5 Å². The topological polar surface area (TPSA) is 26.8 Å². The maximum absolute atomic E-state index is 13.1. The molecule has 30 heavy (non-hydrogen) atoms. The summed E-state index contributed by atoms with van der Waals surface area (Å²) in [6.07, 6.45) is 1.94. The van der Waals surface area contributed by atoms with E-state index >= 15 is 0 Å². The van der Waals surface area contributed by atoms with Gasteiger partial charge in [0.15, 0.2) is 0 Å². The van der Waals surface area contributed by atoms with Crippen LogP contribution in [0.25, 0.3) is 0 Å². The van der Waals surface area contributed by atoms with Gasteiger partial charge in [0.2, 0.25) is 5.91 Å². The van der Waals surface area contributed by atoms with Gasteiger partial charge in [-0.05, 0) is 63.0 Å². The Morgan fingerprint density at radius 2 is 1.60 bits per heavy atom. The molecule has 4 rings (SSSR count). The van der Waals surface area contributed by atoms with Gasteiger partial charge in [-0.15, -0.1) is 0 Å². The average Bonchev–Trinajstić information content (AvgIpc) is 2.77. The quantitative estimate of drug-likeness (QED) is 0.720. The molecule has 2 aliphatic heterocycles. The van der Waals surface area contributed by atoms with Crippen molar-refractivity contribution in [3.05, 3.63) is 64.2 Å². The summed E-state index contributed by atoms with van der Waals surface area (Å²) in [4.78, 5) is 20.0. The molecule has 0 aliphatic carbocycles. The van der Waals surface area contributed by atoms with Crippen molar-refractivity contribution in [3.8, 4) is 0 Å². The molecule has 0 aromatic heterocycles. The third-order valence-electron chi connectivity index (χ3n) is 6.57. The first-order chi connectivity index (χ1) is 14.5. The van der Waals surface area contributed by atoms with Crippen molar-refractivity contribution < 1.29 is 4.79 Å². The Hall–Kier alpha value is -2.04. The predicted molar refractivity (Wildman–Crippen MR) is 124 cm³/mol. The summed E-state index contributed by atoms with van der Waals surface area (Å²) in [6, 6.07) is 14.8. The van der Waals surface area contributed by atoms with Crippen LogP contribution in [-0.2, 0) is 11.3 Å². The molecule has 0 N–H and O–H groups in total. The monoisotopic (exact) mass is 425 g/mol. The SMILES string of the molecule is Cc1ccc(CN2CCC(C(=O)N3CCN(c4cc(Cl)ccc4C)CC3)CC2)cc1. The van der Waals surface area contributed by atoms with Gasteiger partial charge in [0, 0.05) is 49.4 Å². The number of hydrogen-bond donors (Lipinski definition) is 0. The van der Waals surface area contributed by atoms with E-state index in [-0.39, 0.29) is 5.92 Å². The third kappa shape index (κ3) is 4.98. The van der Waals surface area contributed by atoms with Crippen LogP contribution in [0.3, 0.4) is 0 Å². The fourth-order valence-electron chi connectivity index (χ4n) is 4.64. The number of amides is 1. The second kappa shape index (κ2) is 9.40. The zero-order chi connectivity index (χ0) is 21.1.